The number of furan rings is 1. The minimum Gasteiger partial charge on any atom is -0.508 e. The average Bonchev–Trinajstić information content (AvgIpc) is 3.32. The molecule has 2 aromatic carbocycles. The van der Waals surface area contributed by atoms with E-state index in [2.05, 4.69) is 5.32 Å². The summed E-state index contributed by atoms with van der Waals surface area (Å²) in [6.07, 6.45) is 0.450. The van der Waals surface area contributed by atoms with E-state index in [1.807, 2.05) is 6.07 Å². The van der Waals surface area contributed by atoms with Crippen LogP contribution in [0.25, 0.3) is 11.0 Å². The van der Waals surface area contributed by atoms with Crippen LogP contribution in [0.3, 0.4) is 0 Å². The molecule has 4 rings (SSSR count). The van der Waals surface area contributed by atoms with Gasteiger partial charge in [-0.05, 0) is 36.8 Å². The van der Waals surface area contributed by atoms with Gasteiger partial charge in [-0.3, -0.25) is 9.59 Å². The molecule has 0 saturated heterocycles. The van der Waals surface area contributed by atoms with Gasteiger partial charge in [0.25, 0.3) is 5.91 Å². The van der Waals surface area contributed by atoms with Crippen LogP contribution in [0.2, 0.25) is 0 Å². The third-order valence-electron chi connectivity index (χ3n) is 4.56. The van der Waals surface area contributed by atoms with Crippen LogP contribution in [0.4, 0.5) is 0 Å². The Bertz CT molecular complexity index is 1070. The summed E-state index contributed by atoms with van der Waals surface area (Å²) in [5.41, 5.74) is 1.94. The summed E-state index contributed by atoms with van der Waals surface area (Å²) in [5.74, 6) is 0.430. The van der Waals surface area contributed by atoms with E-state index in [0.29, 0.717) is 28.0 Å². The quantitative estimate of drug-likeness (QED) is 0.616. The van der Waals surface area contributed by atoms with Crippen molar-refractivity contribution < 1.29 is 33.3 Å². The highest BCUT2D eigenvalue weighted by Gasteiger charge is 2.20. The lowest BCUT2D eigenvalue weighted by Crippen LogP contribution is -2.35. The van der Waals surface area contributed by atoms with Crippen LogP contribution in [-0.4, -0.2) is 29.9 Å². The van der Waals surface area contributed by atoms with Crippen molar-refractivity contribution >= 4 is 22.8 Å². The molecular formula is C21H19NO7. The number of esters is 1. The minimum absolute atomic E-state index is 0.0441. The van der Waals surface area contributed by atoms with Gasteiger partial charge in [-0.2, -0.15) is 0 Å². The molecule has 1 amide bonds. The summed E-state index contributed by atoms with van der Waals surface area (Å²) in [6.45, 7) is 1.97. The predicted octanol–water partition coefficient (Wildman–Crippen LogP) is 2.66. The highest BCUT2D eigenvalue weighted by atomic mass is 16.7. The van der Waals surface area contributed by atoms with Crippen molar-refractivity contribution in [2.24, 2.45) is 0 Å². The van der Waals surface area contributed by atoms with Gasteiger partial charge in [-0.15, -0.1) is 0 Å². The number of hydrogen-bond donors (Lipinski definition) is 2. The van der Waals surface area contributed by atoms with Crippen molar-refractivity contribution in [3.8, 4) is 17.2 Å². The predicted molar refractivity (Wildman–Crippen MR) is 102 cm³/mol. The summed E-state index contributed by atoms with van der Waals surface area (Å²) in [5, 5.41) is 12.9. The lowest BCUT2D eigenvalue weighted by atomic mass is 10.1. The highest BCUT2D eigenvalue weighted by Crippen LogP contribution is 2.32. The Kier molecular flexibility index (Phi) is 4.99. The third kappa shape index (κ3) is 4.11. The number of carbonyl (C=O) groups is 2. The van der Waals surface area contributed by atoms with Gasteiger partial charge in [0.05, 0.1) is 12.7 Å². The molecule has 1 aliphatic rings. The van der Waals surface area contributed by atoms with Crippen LogP contribution in [0.5, 0.6) is 17.2 Å². The summed E-state index contributed by atoms with van der Waals surface area (Å²) < 4.78 is 21.1. The first-order valence-corrected chi connectivity index (χ1v) is 9.04. The summed E-state index contributed by atoms with van der Waals surface area (Å²) >= 11 is 0. The molecule has 1 aliphatic heterocycles. The van der Waals surface area contributed by atoms with Crippen LogP contribution >= 0.6 is 0 Å². The lowest BCUT2D eigenvalue weighted by molar-refractivity contribution is -0.154. The van der Waals surface area contributed by atoms with Crippen LogP contribution in [-0.2, 0) is 27.3 Å². The first-order chi connectivity index (χ1) is 14.0. The van der Waals surface area contributed by atoms with Crippen molar-refractivity contribution in [3.05, 3.63) is 53.8 Å². The molecular weight excluding hydrogens is 378 g/mol. The standard InChI is InChI=1S/C21H19NO7/c1-12(21(25)22-9-13-2-5-17-19(6-13)28-11-27-17)29-20(24)7-14-10-26-18-8-15(23)3-4-16(14)18/h2-6,8,10,12,23H,7,9,11H2,1H3,(H,22,25)/t12-/m0/s1. The number of benzene rings is 2. The Morgan fingerprint density at radius 3 is 2.86 bits per heavy atom. The summed E-state index contributed by atoms with van der Waals surface area (Å²) in [7, 11) is 0. The number of hydrogen-bond acceptors (Lipinski definition) is 7. The number of aromatic hydroxyl groups is 1. The Labute approximate surface area is 166 Å². The van der Waals surface area contributed by atoms with Gasteiger partial charge >= 0.3 is 5.97 Å². The van der Waals surface area contributed by atoms with E-state index in [1.165, 1.54) is 25.3 Å². The van der Waals surface area contributed by atoms with E-state index in [1.54, 1.807) is 18.2 Å². The first-order valence-electron chi connectivity index (χ1n) is 9.04. The van der Waals surface area contributed by atoms with E-state index in [9.17, 15) is 14.7 Å². The van der Waals surface area contributed by atoms with E-state index >= 15 is 0 Å². The third-order valence-corrected chi connectivity index (χ3v) is 4.56. The number of phenols is 1. The zero-order valence-electron chi connectivity index (χ0n) is 15.6. The van der Waals surface area contributed by atoms with Crippen molar-refractivity contribution in [2.45, 2.75) is 26.0 Å². The molecule has 1 aromatic heterocycles. The van der Waals surface area contributed by atoms with Gasteiger partial charge < -0.3 is 29.1 Å². The second kappa shape index (κ2) is 7.75. The van der Waals surface area contributed by atoms with Gasteiger partial charge in [0.1, 0.15) is 11.3 Å². The zero-order valence-corrected chi connectivity index (χ0v) is 15.6. The fourth-order valence-corrected chi connectivity index (χ4v) is 3.04. The smallest absolute Gasteiger partial charge is 0.311 e. The maximum atomic E-state index is 12.2. The maximum absolute atomic E-state index is 12.2. The topological polar surface area (TPSA) is 107 Å². The molecule has 2 heterocycles. The molecule has 150 valence electrons. The number of carbonyl (C=O) groups excluding carboxylic acids is 2. The molecule has 0 radical (unpaired) electrons. The molecule has 1 atom stereocenters. The van der Waals surface area contributed by atoms with Gasteiger partial charge in [-0.1, -0.05) is 6.07 Å². The van der Waals surface area contributed by atoms with Gasteiger partial charge in [0.2, 0.25) is 6.79 Å². The van der Waals surface area contributed by atoms with Crippen LogP contribution in [0, 0.1) is 0 Å². The first kappa shape index (κ1) is 18.7. The van der Waals surface area contributed by atoms with E-state index in [0.717, 1.165) is 5.56 Å². The molecule has 0 unspecified atom stereocenters. The zero-order chi connectivity index (χ0) is 20.4. The Hall–Kier alpha value is -3.68. The van der Waals surface area contributed by atoms with Crippen molar-refractivity contribution in [3.63, 3.8) is 0 Å². The number of nitrogens with one attached hydrogen (secondary N) is 1. The van der Waals surface area contributed by atoms with Gasteiger partial charge in [0.15, 0.2) is 17.6 Å². The van der Waals surface area contributed by atoms with E-state index < -0.39 is 18.0 Å². The second-order valence-electron chi connectivity index (χ2n) is 6.66. The van der Waals surface area contributed by atoms with Crippen LogP contribution in [0.1, 0.15) is 18.1 Å². The average molecular weight is 397 g/mol. The number of phenolic OH excluding ortho intramolecular Hbond substituents is 1. The number of rotatable bonds is 6. The van der Waals surface area contributed by atoms with Crippen molar-refractivity contribution in [1.29, 1.82) is 0 Å². The molecule has 8 heteroatoms. The maximum Gasteiger partial charge on any atom is 0.311 e. The van der Waals surface area contributed by atoms with Crippen molar-refractivity contribution in [1.82, 2.24) is 5.32 Å². The van der Waals surface area contributed by atoms with Gasteiger partial charge in [-0.25, -0.2) is 0 Å². The molecule has 8 nitrogen and oxygen atoms in total. The summed E-state index contributed by atoms with van der Waals surface area (Å²) in [6, 6.07) is 10.0. The molecule has 0 fully saturated rings. The highest BCUT2D eigenvalue weighted by molar-refractivity contribution is 5.88. The molecule has 0 bridgehead atoms. The monoisotopic (exact) mass is 397 g/mol. The molecule has 29 heavy (non-hydrogen) atoms. The SMILES string of the molecule is C[C@H](OC(=O)Cc1coc2cc(O)ccc12)C(=O)NCc1ccc2c(c1)OCO2. The molecule has 0 saturated carbocycles. The fraction of sp³-hybridized carbons (Fsp3) is 0.238. The van der Waals surface area contributed by atoms with Gasteiger partial charge in [0, 0.05) is 23.6 Å². The largest absolute Gasteiger partial charge is 0.508 e. The van der Waals surface area contributed by atoms with E-state index in [4.69, 9.17) is 18.6 Å². The number of ether oxygens (including phenoxy) is 3. The Morgan fingerprint density at radius 1 is 1.17 bits per heavy atom. The normalized spacial score (nSPS) is 13.3. The molecule has 2 N–H and O–H groups in total. The molecule has 0 aliphatic carbocycles. The molecule has 0 spiro atoms. The summed E-state index contributed by atoms with van der Waals surface area (Å²) in [4.78, 5) is 24.5. The number of fused-ring (bicyclic) bond motifs is 2. The molecule has 3 aromatic rings. The Balaban J connectivity index is 1.30. The van der Waals surface area contributed by atoms with Crippen LogP contribution < -0.4 is 14.8 Å². The van der Waals surface area contributed by atoms with Crippen LogP contribution in [0.15, 0.2) is 47.1 Å². The Morgan fingerprint density at radius 2 is 2.00 bits per heavy atom. The fourth-order valence-electron chi connectivity index (χ4n) is 3.04. The van der Waals surface area contributed by atoms with Crippen molar-refractivity contribution in [2.75, 3.05) is 6.79 Å². The van der Waals surface area contributed by atoms with E-state index in [-0.39, 0.29) is 25.5 Å². The lowest BCUT2D eigenvalue weighted by Gasteiger charge is -2.13. The number of amides is 1. The second-order valence-corrected chi connectivity index (χ2v) is 6.66. The minimum atomic E-state index is -0.946.